The highest BCUT2D eigenvalue weighted by Gasteiger charge is 2.14. The van der Waals surface area contributed by atoms with Crippen molar-refractivity contribution in [3.05, 3.63) is 11.9 Å². The Balaban J connectivity index is 2.82. The molecule has 2 N–H and O–H groups in total. The number of anilines is 2. The summed E-state index contributed by atoms with van der Waals surface area (Å²) in [5.74, 6) is 3.36. The van der Waals surface area contributed by atoms with Gasteiger partial charge in [0.25, 0.3) is 0 Å². The van der Waals surface area contributed by atoms with Crippen LogP contribution in [-0.2, 0) is 6.42 Å². The van der Waals surface area contributed by atoms with E-state index in [2.05, 4.69) is 48.3 Å². The molecule has 1 rings (SSSR count). The van der Waals surface area contributed by atoms with Crippen molar-refractivity contribution < 1.29 is 0 Å². The first-order valence-corrected chi connectivity index (χ1v) is 6.96. The molecule has 18 heavy (non-hydrogen) atoms. The Labute approximate surface area is 111 Å². The number of hydrogen-bond acceptors (Lipinski definition) is 4. The summed E-state index contributed by atoms with van der Waals surface area (Å²) < 4.78 is 0. The zero-order valence-electron chi connectivity index (χ0n) is 12.2. The zero-order chi connectivity index (χ0) is 13.5. The van der Waals surface area contributed by atoms with Crippen molar-refractivity contribution >= 4 is 11.6 Å². The summed E-state index contributed by atoms with van der Waals surface area (Å²) in [6, 6.07) is 2.40. The molecule has 4 heteroatoms. The van der Waals surface area contributed by atoms with Crippen LogP contribution < -0.4 is 10.6 Å². The molecule has 1 aromatic rings. The van der Waals surface area contributed by atoms with Gasteiger partial charge in [-0.05, 0) is 12.8 Å². The van der Waals surface area contributed by atoms with E-state index in [1.807, 2.05) is 13.1 Å². The van der Waals surface area contributed by atoms with Gasteiger partial charge in [-0.3, -0.25) is 0 Å². The largest absolute Gasteiger partial charge is 0.373 e. The third-order valence-corrected chi connectivity index (χ3v) is 3.48. The van der Waals surface area contributed by atoms with Crippen LogP contribution in [-0.4, -0.2) is 23.1 Å². The van der Waals surface area contributed by atoms with Crippen LogP contribution in [0.5, 0.6) is 0 Å². The minimum Gasteiger partial charge on any atom is -0.373 e. The average molecular weight is 250 g/mol. The Morgan fingerprint density at radius 2 is 1.72 bits per heavy atom. The number of nitrogens with one attached hydrogen (secondary N) is 2. The molecule has 0 radical (unpaired) electrons. The predicted octanol–water partition coefficient (Wildman–Crippen LogP) is 3.32. The second-order valence-electron chi connectivity index (χ2n) is 4.67. The molecule has 0 aromatic carbocycles. The van der Waals surface area contributed by atoms with Crippen LogP contribution in [0.25, 0.3) is 0 Å². The fraction of sp³-hybridized carbons (Fsp3) is 0.714. The maximum absolute atomic E-state index is 4.53. The van der Waals surface area contributed by atoms with E-state index in [0.29, 0.717) is 12.0 Å². The molecule has 0 bridgehead atoms. The maximum atomic E-state index is 4.53. The second-order valence-corrected chi connectivity index (χ2v) is 4.67. The summed E-state index contributed by atoms with van der Waals surface area (Å²) in [4.78, 5) is 8.93. The Kier molecular flexibility index (Phi) is 5.89. The van der Waals surface area contributed by atoms with Gasteiger partial charge in [0.2, 0.25) is 0 Å². The third-order valence-electron chi connectivity index (χ3n) is 3.48. The van der Waals surface area contributed by atoms with E-state index < -0.39 is 0 Å². The molecule has 0 aliphatic heterocycles. The molecule has 0 fully saturated rings. The highest BCUT2D eigenvalue weighted by molar-refractivity contribution is 5.47. The fourth-order valence-electron chi connectivity index (χ4n) is 2.20. The molecular weight excluding hydrogens is 224 g/mol. The smallest absolute Gasteiger partial charge is 0.132 e. The van der Waals surface area contributed by atoms with Crippen molar-refractivity contribution in [1.82, 2.24) is 9.97 Å². The Morgan fingerprint density at radius 1 is 1.11 bits per heavy atom. The van der Waals surface area contributed by atoms with Gasteiger partial charge in [-0.15, -0.1) is 0 Å². The maximum Gasteiger partial charge on any atom is 0.132 e. The van der Waals surface area contributed by atoms with E-state index >= 15 is 0 Å². The van der Waals surface area contributed by atoms with Crippen molar-refractivity contribution in [2.45, 2.75) is 53.0 Å². The zero-order valence-corrected chi connectivity index (χ0v) is 12.2. The molecule has 4 nitrogen and oxygen atoms in total. The summed E-state index contributed by atoms with van der Waals surface area (Å²) >= 11 is 0. The molecule has 1 unspecified atom stereocenters. The number of nitrogens with zero attached hydrogens (tertiary/aromatic N) is 2. The highest BCUT2D eigenvalue weighted by Crippen LogP contribution is 2.18. The third kappa shape index (κ3) is 3.86. The van der Waals surface area contributed by atoms with E-state index in [1.165, 1.54) is 12.8 Å². The van der Waals surface area contributed by atoms with E-state index in [1.54, 1.807) is 0 Å². The second kappa shape index (κ2) is 7.19. The lowest BCUT2D eigenvalue weighted by molar-refractivity contribution is 0.437. The van der Waals surface area contributed by atoms with Crippen LogP contribution in [0.2, 0.25) is 0 Å². The van der Waals surface area contributed by atoms with Gasteiger partial charge < -0.3 is 10.6 Å². The molecule has 0 amide bonds. The first-order valence-electron chi connectivity index (χ1n) is 6.96. The minimum absolute atomic E-state index is 0.435. The average Bonchev–Trinajstić information content (AvgIpc) is 2.39. The molecule has 1 aromatic heterocycles. The molecule has 0 aliphatic carbocycles. The lowest BCUT2D eigenvalue weighted by Crippen LogP contribution is -2.25. The monoisotopic (exact) mass is 250 g/mol. The van der Waals surface area contributed by atoms with E-state index in [9.17, 15) is 0 Å². The van der Waals surface area contributed by atoms with Crippen molar-refractivity contribution in [2.24, 2.45) is 5.92 Å². The van der Waals surface area contributed by atoms with Crippen LogP contribution >= 0.6 is 0 Å². The Morgan fingerprint density at radius 3 is 2.22 bits per heavy atom. The predicted molar refractivity (Wildman–Crippen MR) is 78.1 cm³/mol. The van der Waals surface area contributed by atoms with Gasteiger partial charge in [-0.1, -0.05) is 33.6 Å². The lowest BCUT2D eigenvalue weighted by atomic mass is 9.95. The molecule has 0 spiro atoms. The molecule has 1 heterocycles. The van der Waals surface area contributed by atoms with Crippen molar-refractivity contribution in [1.29, 1.82) is 0 Å². The SMILES string of the molecule is CCc1nc(NC)cc(NC(C)C(CC)CC)n1. The molecule has 0 aliphatic rings. The fourth-order valence-corrected chi connectivity index (χ4v) is 2.20. The van der Waals surface area contributed by atoms with Gasteiger partial charge >= 0.3 is 0 Å². The highest BCUT2D eigenvalue weighted by atomic mass is 15.1. The lowest BCUT2D eigenvalue weighted by Gasteiger charge is -2.23. The first-order chi connectivity index (χ1) is 8.64. The van der Waals surface area contributed by atoms with Gasteiger partial charge in [0.15, 0.2) is 0 Å². The van der Waals surface area contributed by atoms with Gasteiger partial charge in [-0.25, -0.2) is 9.97 Å². The molecule has 1 atom stereocenters. The van der Waals surface area contributed by atoms with Gasteiger partial charge in [-0.2, -0.15) is 0 Å². The van der Waals surface area contributed by atoms with Gasteiger partial charge in [0.1, 0.15) is 17.5 Å². The van der Waals surface area contributed by atoms with Crippen molar-refractivity contribution in [3.63, 3.8) is 0 Å². The first kappa shape index (κ1) is 14.7. The molecule has 0 saturated carbocycles. The summed E-state index contributed by atoms with van der Waals surface area (Å²) in [7, 11) is 1.88. The standard InChI is InChI=1S/C14H26N4/c1-6-11(7-2)10(4)16-14-9-13(15-5)17-12(8-3)18-14/h9-11H,6-8H2,1-5H3,(H2,15,16,17,18). The number of hydrogen-bond donors (Lipinski definition) is 2. The molecule has 0 saturated heterocycles. The number of rotatable bonds is 7. The molecular formula is C14H26N4. The Hall–Kier alpha value is -1.32. The van der Waals surface area contributed by atoms with Crippen LogP contribution in [0.1, 0.15) is 46.4 Å². The minimum atomic E-state index is 0.435. The van der Waals surface area contributed by atoms with E-state index in [0.717, 1.165) is 23.9 Å². The Bertz CT molecular complexity index is 339. The van der Waals surface area contributed by atoms with Crippen molar-refractivity contribution in [2.75, 3.05) is 17.7 Å². The summed E-state index contributed by atoms with van der Waals surface area (Å²) in [5, 5.41) is 6.58. The van der Waals surface area contributed by atoms with Gasteiger partial charge in [0, 0.05) is 25.6 Å². The van der Waals surface area contributed by atoms with Crippen LogP contribution in [0.3, 0.4) is 0 Å². The number of aromatic nitrogens is 2. The summed E-state index contributed by atoms with van der Waals surface area (Å²) in [6.07, 6.45) is 3.23. The van der Waals surface area contributed by atoms with Crippen LogP contribution in [0, 0.1) is 5.92 Å². The van der Waals surface area contributed by atoms with E-state index in [4.69, 9.17) is 0 Å². The molecule has 102 valence electrons. The normalized spacial score (nSPS) is 12.6. The summed E-state index contributed by atoms with van der Waals surface area (Å²) in [6.45, 7) is 8.78. The van der Waals surface area contributed by atoms with Crippen LogP contribution in [0.4, 0.5) is 11.6 Å². The van der Waals surface area contributed by atoms with Crippen molar-refractivity contribution in [3.8, 4) is 0 Å². The quantitative estimate of drug-likeness (QED) is 0.779. The number of aryl methyl sites for hydroxylation is 1. The van der Waals surface area contributed by atoms with Gasteiger partial charge in [0.05, 0.1) is 0 Å². The topological polar surface area (TPSA) is 49.8 Å². The van der Waals surface area contributed by atoms with E-state index in [-0.39, 0.29) is 0 Å². The van der Waals surface area contributed by atoms with Crippen LogP contribution in [0.15, 0.2) is 6.07 Å². The summed E-state index contributed by atoms with van der Waals surface area (Å²) in [5.41, 5.74) is 0.